The van der Waals surface area contributed by atoms with Gasteiger partial charge in [-0.1, -0.05) is 34.1 Å². The Hall–Kier alpha value is -1.23. The van der Waals surface area contributed by atoms with E-state index in [4.69, 9.17) is 5.84 Å². The van der Waals surface area contributed by atoms with Gasteiger partial charge in [0, 0.05) is 4.47 Å². The minimum absolute atomic E-state index is 0.225. The van der Waals surface area contributed by atoms with Crippen LogP contribution in [0.2, 0.25) is 0 Å². The fourth-order valence-corrected chi connectivity index (χ4v) is 2.42. The molecule has 0 saturated heterocycles. The zero-order chi connectivity index (χ0) is 13.1. The molecular weight excluding hydrogens is 295 g/mol. The van der Waals surface area contributed by atoms with Crippen LogP contribution < -0.4 is 11.3 Å². The molecule has 4 heteroatoms. The Morgan fingerprint density at radius 2 is 1.94 bits per heavy atom. The molecule has 94 valence electrons. The van der Waals surface area contributed by atoms with Crippen LogP contribution in [0.4, 0.5) is 4.39 Å². The number of benzene rings is 2. The minimum atomic E-state index is -0.250. The fourth-order valence-electron chi connectivity index (χ4n) is 2.00. The average molecular weight is 309 g/mol. The van der Waals surface area contributed by atoms with Gasteiger partial charge >= 0.3 is 0 Å². The predicted molar refractivity (Wildman–Crippen MR) is 74.4 cm³/mol. The third-order valence-corrected chi connectivity index (χ3v) is 3.24. The molecule has 0 heterocycles. The second-order valence-corrected chi connectivity index (χ2v) is 5.13. The van der Waals surface area contributed by atoms with Crippen molar-refractivity contribution in [2.75, 3.05) is 0 Å². The molecule has 18 heavy (non-hydrogen) atoms. The van der Waals surface area contributed by atoms with Crippen LogP contribution in [0.3, 0.4) is 0 Å². The molecule has 0 amide bonds. The topological polar surface area (TPSA) is 38.0 Å². The zero-order valence-electron chi connectivity index (χ0n) is 9.95. The van der Waals surface area contributed by atoms with E-state index in [1.54, 1.807) is 0 Å². The molecule has 0 aliphatic heterocycles. The van der Waals surface area contributed by atoms with Crippen LogP contribution in [-0.2, 0) is 0 Å². The van der Waals surface area contributed by atoms with Crippen molar-refractivity contribution in [1.29, 1.82) is 0 Å². The molecule has 0 aliphatic carbocycles. The Labute approximate surface area is 114 Å². The Balaban J connectivity index is 2.45. The molecule has 2 aromatic rings. The molecule has 0 radical (unpaired) electrons. The largest absolute Gasteiger partial charge is 0.271 e. The van der Waals surface area contributed by atoms with Crippen LogP contribution in [0.25, 0.3) is 0 Å². The molecule has 2 nitrogen and oxygen atoms in total. The van der Waals surface area contributed by atoms with Crippen molar-refractivity contribution in [3.8, 4) is 0 Å². The highest BCUT2D eigenvalue weighted by atomic mass is 79.9. The van der Waals surface area contributed by atoms with Crippen molar-refractivity contribution in [2.24, 2.45) is 5.84 Å². The van der Waals surface area contributed by atoms with E-state index in [-0.39, 0.29) is 11.9 Å². The summed E-state index contributed by atoms with van der Waals surface area (Å²) in [4.78, 5) is 0. The van der Waals surface area contributed by atoms with Gasteiger partial charge in [0.15, 0.2) is 0 Å². The first-order chi connectivity index (χ1) is 8.60. The summed E-state index contributed by atoms with van der Waals surface area (Å²) in [5.41, 5.74) is 5.40. The molecular formula is C14H14BrFN2. The molecule has 3 N–H and O–H groups in total. The number of aryl methyl sites for hydroxylation is 1. The summed E-state index contributed by atoms with van der Waals surface area (Å²) in [6.07, 6.45) is 0. The average Bonchev–Trinajstić information content (AvgIpc) is 2.28. The smallest absolute Gasteiger partial charge is 0.123 e. The van der Waals surface area contributed by atoms with Gasteiger partial charge in [0.1, 0.15) is 5.82 Å². The molecule has 0 fully saturated rings. The summed E-state index contributed by atoms with van der Waals surface area (Å²) in [6, 6.07) is 12.5. The van der Waals surface area contributed by atoms with Crippen LogP contribution >= 0.6 is 15.9 Å². The number of hydrogen-bond donors (Lipinski definition) is 2. The molecule has 2 rings (SSSR count). The molecule has 1 unspecified atom stereocenters. The maximum Gasteiger partial charge on any atom is 0.123 e. The lowest BCUT2D eigenvalue weighted by molar-refractivity contribution is 0.604. The van der Waals surface area contributed by atoms with E-state index in [2.05, 4.69) is 21.4 Å². The number of nitrogens with one attached hydrogen (secondary N) is 1. The second-order valence-electron chi connectivity index (χ2n) is 4.22. The van der Waals surface area contributed by atoms with Crippen LogP contribution in [0.1, 0.15) is 22.7 Å². The summed E-state index contributed by atoms with van der Waals surface area (Å²) in [5, 5.41) is 0. The second kappa shape index (κ2) is 5.61. The van der Waals surface area contributed by atoms with E-state index >= 15 is 0 Å². The van der Waals surface area contributed by atoms with Gasteiger partial charge in [-0.05, 0) is 47.9 Å². The first kappa shape index (κ1) is 13.2. The zero-order valence-corrected chi connectivity index (χ0v) is 11.5. The van der Waals surface area contributed by atoms with E-state index in [9.17, 15) is 4.39 Å². The number of halogens is 2. The summed E-state index contributed by atoms with van der Waals surface area (Å²) in [5.74, 6) is 5.35. The Kier molecular flexibility index (Phi) is 4.11. The number of nitrogens with two attached hydrogens (primary N) is 1. The van der Waals surface area contributed by atoms with E-state index in [1.807, 2.05) is 37.3 Å². The normalized spacial score (nSPS) is 12.4. The third kappa shape index (κ3) is 2.96. The molecule has 1 atom stereocenters. The first-order valence-corrected chi connectivity index (χ1v) is 6.38. The van der Waals surface area contributed by atoms with Crippen LogP contribution in [0, 0.1) is 12.7 Å². The highest BCUT2D eigenvalue weighted by Gasteiger charge is 2.13. The highest BCUT2D eigenvalue weighted by molar-refractivity contribution is 9.10. The fraction of sp³-hybridized carbons (Fsp3) is 0.143. The summed E-state index contributed by atoms with van der Waals surface area (Å²) in [7, 11) is 0. The molecule has 2 aromatic carbocycles. The lowest BCUT2D eigenvalue weighted by atomic mass is 9.98. The summed E-state index contributed by atoms with van der Waals surface area (Å²) < 4.78 is 14.4. The van der Waals surface area contributed by atoms with Crippen LogP contribution in [0.5, 0.6) is 0 Å². The Morgan fingerprint density at radius 3 is 2.56 bits per heavy atom. The molecule has 0 bridgehead atoms. The van der Waals surface area contributed by atoms with Crippen molar-refractivity contribution in [3.05, 3.63) is 69.4 Å². The van der Waals surface area contributed by atoms with E-state index in [0.717, 1.165) is 21.2 Å². The van der Waals surface area contributed by atoms with Crippen molar-refractivity contribution in [3.63, 3.8) is 0 Å². The Bertz CT molecular complexity index is 537. The van der Waals surface area contributed by atoms with E-state index < -0.39 is 0 Å². The monoisotopic (exact) mass is 308 g/mol. The standard InChI is InChI=1S/C14H14BrFN2/c1-9-5-11(8-13(16)6-9)14(18-17)10-3-2-4-12(15)7-10/h2-8,14,18H,17H2,1H3. The van der Waals surface area contributed by atoms with Gasteiger partial charge in [-0.3, -0.25) is 5.84 Å². The lowest BCUT2D eigenvalue weighted by Crippen LogP contribution is -2.29. The van der Waals surface area contributed by atoms with Gasteiger partial charge in [-0.25, -0.2) is 9.82 Å². The van der Waals surface area contributed by atoms with Gasteiger partial charge in [0.25, 0.3) is 0 Å². The SMILES string of the molecule is Cc1cc(F)cc(C(NN)c2cccc(Br)c2)c1. The van der Waals surface area contributed by atoms with Gasteiger partial charge in [0.2, 0.25) is 0 Å². The third-order valence-electron chi connectivity index (χ3n) is 2.75. The minimum Gasteiger partial charge on any atom is -0.271 e. The van der Waals surface area contributed by atoms with Crippen molar-refractivity contribution < 1.29 is 4.39 Å². The molecule has 0 aromatic heterocycles. The van der Waals surface area contributed by atoms with Gasteiger partial charge in [-0.2, -0.15) is 0 Å². The summed E-state index contributed by atoms with van der Waals surface area (Å²) in [6.45, 7) is 1.86. The number of hydrazine groups is 1. The quantitative estimate of drug-likeness (QED) is 0.673. The van der Waals surface area contributed by atoms with Crippen LogP contribution in [0.15, 0.2) is 46.9 Å². The number of hydrogen-bond acceptors (Lipinski definition) is 2. The first-order valence-electron chi connectivity index (χ1n) is 5.59. The van der Waals surface area contributed by atoms with Gasteiger partial charge in [-0.15, -0.1) is 0 Å². The maximum atomic E-state index is 13.4. The lowest BCUT2D eigenvalue weighted by Gasteiger charge is -2.18. The van der Waals surface area contributed by atoms with Crippen molar-refractivity contribution >= 4 is 15.9 Å². The summed E-state index contributed by atoms with van der Waals surface area (Å²) >= 11 is 3.42. The van der Waals surface area contributed by atoms with E-state index in [0.29, 0.717) is 0 Å². The van der Waals surface area contributed by atoms with Crippen molar-refractivity contribution in [2.45, 2.75) is 13.0 Å². The Morgan fingerprint density at radius 1 is 1.17 bits per heavy atom. The van der Waals surface area contributed by atoms with Gasteiger partial charge in [0.05, 0.1) is 6.04 Å². The van der Waals surface area contributed by atoms with E-state index in [1.165, 1.54) is 12.1 Å². The number of rotatable bonds is 3. The predicted octanol–water partition coefficient (Wildman–Crippen LogP) is 3.45. The molecule has 0 aliphatic rings. The van der Waals surface area contributed by atoms with Crippen molar-refractivity contribution in [1.82, 2.24) is 5.43 Å². The maximum absolute atomic E-state index is 13.4. The highest BCUT2D eigenvalue weighted by Crippen LogP contribution is 2.25. The van der Waals surface area contributed by atoms with Gasteiger partial charge < -0.3 is 0 Å². The molecule has 0 saturated carbocycles. The molecule has 0 spiro atoms. The van der Waals surface area contributed by atoms with Crippen LogP contribution in [-0.4, -0.2) is 0 Å².